The number of aliphatic hydroxyl groups is 2. The molecule has 0 aliphatic heterocycles. The molecule has 20 heavy (non-hydrogen) atoms. The second-order valence-corrected chi connectivity index (χ2v) is 8.45. The lowest BCUT2D eigenvalue weighted by molar-refractivity contribution is -0.136. The van der Waals surface area contributed by atoms with Gasteiger partial charge in [0.2, 0.25) is 0 Å². The van der Waals surface area contributed by atoms with Crippen LogP contribution in [0.2, 0.25) is 0 Å². The van der Waals surface area contributed by atoms with E-state index in [0.29, 0.717) is 0 Å². The molecule has 0 amide bonds. The van der Waals surface area contributed by atoms with Crippen LogP contribution in [0, 0.1) is 0 Å². The zero-order valence-corrected chi connectivity index (χ0v) is 16.0. The number of hydrogen-bond acceptors (Lipinski definition) is 6. The zero-order valence-electron chi connectivity index (χ0n) is 11.2. The predicted molar refractivity (Wildman–Crippen MR) is 91.1 cm³/mol. The van der Waals surface area contributed by atoms with Crippen molar-refractivity contribution in [1.82, 2.24) is 0 Å². The van der Waals surface area contributed by atoms with Crippen molar-refractivity contribution >= 4 is 65.4 Å². The van der Waals surface area contributed by atoms with Gasteiger partial charge < -0.3 is 20.4 Å². The van der Waals surface area contributed by atoms with Crippen molar-refractivity contribution in [2.45, 2.75) is 23.5 Å². The van der Waals surface area contributed by atoms with Crippen LogP contribution in [0.3, 0.4) is 0 Å². The molecule has 0 rings (SSSR count). The second kappa shape index (κ2) is 19.5. The molecular weight excluding hydrogens is 440 g/mol. The van der Waals surface area contributed by atoms with E-state index in [1.807, 2.05) is 0 Å². The number of halogens is 2. The maximum Gasteiger partial charge on any atom is 0.316 e. The number of aliphatic carboxylic acids is 2. The Morgan fingerprint density at radius 1 is 0.900 bits per heavy atom. The van der Waals surface area contributed by atoms with Gasteiger partial charge in [-0.25, -0.2) is 0 Å². The van der Waals surface area contributed by atoms with Gasteiger partial charge in [0.15, 0.2) is 0 Å². The van der Waals surface area contributed by atoms with Gasteiger partial charge in [0.05, 0.1) is 13.2 Å². The highest BCUT2D eigenvalue weighted by Crippen LogP contribution is 2.18. The van der Waals surface area contributed by atoms with Gasteiger partial charge >= 0.3 is 11.9 Å². The standard InChI is InChI=1S/C4H10O2S2.2C3H5BrO2/c5-1-3-7-8-4-2-6;2*1-2(4)3(5)6/h5-6H,1-4H2;2*2H,1H3,(H,5,6). The van der Waals surface area contributed by atoms with Crippen LogP contribution in [-0.4, -0.2) is 66.7 Å². The van der Waals surface area contributed by atoms with Crippen LogP contribution in [-0.2, 0) is 9.59 Å². The van der Waals surface area contributed by atoms with Crippen LogP contribution >= 0.6 is 53.4 Å². The molecule has 0 aromatic carbocycles. The van der Waals surface area contributed by atoms with Crippen LogP contribution in [0.5, 0.6) is 0 Å². The lowest BCUT2D eigenvalue weighted by Crippen LogP contribution is -2.06. The summed E-state index contributed by atoms with van der Waals surface area (Å²) in [6.45, 7) is 3.57. The van der Waals surface area contributed by atoms with Gasteiger partial charge in [-0.15, -0.1) is 0 Å². The molecule has 0 radical (unpaired) electrons. The number of rotatable bonds is 7. The minimum absolute atomic E-state index is 0.225. The molecule has 0 saturated carbocycles. The second-order valence-electron chi connectivity index (χ2n) is 3.00. The maximum atomic E-state index is 9.65. The number of alkyl halides is 2. The molecule has 0 aromatic rings. The minimum Gasteiger partial charge on any atom is -0.480 e. The summed E-state index contributed by atoms with van der Waals surface area (Å²) >= 11 is 5.68. The van der Waals surface area contributed by atoms with E-state index in [1.165, 1.54) is 0 Å². The Balaban J connectivity index is -0.000000221. The van der Waals surface area contributed by atoms with Crippen LogP contribution < -0.4 is 0 Å². The molecule has 0 aromatic heterocycles. The summed E-state index contributed by atoms with van der Waals surface area (Å²) in [7, 11) is 3.17. The quantitative estimate of drug-likeness (QED) is 0.260. The highest BCUT2D eigenvalue weighted by Gasteiger charge is 2.02. The molecular formula is C10H20Br2O6S2. The van der Waals surface area contributed by atoms with Gasteiger partial charge in [0.25, 0.3) is 0 Å². The fourth-order valence-electron chi connectivity index (χ4n) is 0.192. The first-order valence-electron chi connectivity index (χ1n) is 5.40. The Morgan fingerprint density at radius 3 is 1.20 bits per heavy atom. The number of carboxylic acids is 2. The van der Waals surface area contributed by atoms with Crippen molar-refractivity contribution < 1.29 is 30.0 Å². The average molecular weight is 460 g/mol. The smallest absolute Gasteiger partial charge is 0.316 e. The first kappa shape index (κ1) is 25.5. The molecule has 2 atom stereocenters. The molecule has 0 aliphatic rings. The van der Waals surface area contributed by atoms with E-state index >= 15 is 0 Å². The number of carbonyl (C=O) groups is 2. The molecule has 6 nitrogen and oxygen atoms in total. The summed E-state index contributed by atoms with van der Waals surface area (Å²) < 4.78 is 0. The Labute approximate surface area is 143 Å². The summed E-state index contributed by atoms with van der Waals surface area (Å²) in [6, 6.07) is 0. The molecule has 10 heteroatoms. The van der Waals surface area contributed by atoms with Gasteiger partial charge in [-0.3, -0.25) is 9.59 Å². The fourth-order valence-corrected chi connectivity index (χ4v) is 1.73. The van der Waals surface area contributed by atoms with Crippen molar-refractivity contribution in [3.63, 3.8) is 0 Å². The average Bonchev–Trinajstić information content (AvgIpc) is 2.36. The van der Waals surface area contributed by atoms with E-state index in [-0.39, 0.29) is 13.2 Å². The molecule has 0 saturated heterocycles. The third-order valence-electron chi connectivity index (χ3n) is 1.11. The van der Waals surface area contributed by atoms with Crippen molar-refractivity contribution in [3.8, 4) is 0 Å². The fraction of sp³-hybridized carbons (Fsp3) is 0.800. The molecule has 122 valence electrons. The normalized spacial score (nSPS) is 12.1. The lowest BCUT2D eigenvalue weighted by Gasteiger charge is -1.93. The van der Waals surface area contributed by atoms with Gasteiger partial charge in [0.1, 0.15) is 9.65 Å². The van der Waals surface area contributed by atoms with Crippen molar-refractivity contribution in [1.29, 1.82) is 0 Å². The maximum absolute atomic E-state index is 9.65. The first-order chi connectivity index (χ1) is 9.20. The monoisotopic (exact) mass is 458 g/mol. The largest absolute Gasteiger partial charge is 0.480 e. The number of carboxylic acid groups (broad SMARTS) is 2. The zero-order chi connectivity index (χ0) is 16.6. The summed E-state index contributed by atoms with van der Waals surface area (Å²) in [5, 5.41) is 32.4. The van der Waals surface area contributed by atoms with E-state index in [1.54, 1.807) is 35.4 Å². The van der Waals surface area contributed by atoms with E-state index in [9.17, 15) is 9.59 Å². The summed E-state index contributed by atoms with van der Waals surface area (Å²) in [4.78, 5) is 18.5. The van der Waals surface area contributed by atoms with Crippen LogP contribution in [0.25, 0.3) is 0 Å². The topological polar surface area (TPSA) is 115 Å². The molecule has 0 spiro atoms. The van der Waals surface area contributed by atoms with E-state index in [4.69, 9.17) is 20.4 Å². The Kier molecular flexibility index (Phi) is 24.9. The van der Waals surface area contributed by atoms with Crippen molar-refractivity contribution in [2.24, 2.45) is 0 Å². The third kappa shape index (κ3) is 31.1. The molecule has 0 fully saturated rings. The Hall–Kier alpha value is 0.520. The van der Waals surface area contributed by atoms with Crippen LogP contribution in [0.4, 0.5) is 0 Å². The summed E-state index contributed by atoms with van der Waals surface area (Å²) in [5.74, 6) is -0.139. The Bertz CT molecular complexity index is 218. The molecule has 2 unspecified atom stereocenters. The summed E-state index contributed by atoms with van der Waals surface area (Å²) in [5.41, 5.74) is 0. The van der Waals surface area contributed by atoms with Crippen molar-refractivity contribution in [2.75, 3.05) is 24.7 Å². The number of hydrogen-bond donors (Lipinski definition) is 4. The van der Waals surface area contributed by atoms with E-state index in [2.05, 4.69) is 31.9 Å². The molecule has 0 heterocycles. The lowest BCUT2D eigenvalue weighted by atomic mass is 10.5. The third-order valence-corrected chi connectivity index (χ3v) is 4.26. The van der Waals surface area contributed by atoms with Gasteiger partial charge in [-0.2, -0.15) is 0 Å². The van der Waals surface area contributed by atoms with Crippen molar-refractivity contribution in [3.05, 3.63) is 0 Å². The molecule has 4 N–H and O–H groups in total. The van der Waals surface area contributed by atoms with E-state index < -0.39 is 21.6 Å². The first-order valence-corrected chi connectivity index (χ1v) is 9.72. The predicted octanol–water partition coefficient (Wildman–Crippen LogP) is 2.06. The molecule has 0 aliphatic carbocycles. The highest BCUT2D eigenvalue weighted by molar-refractivity contribution is 9.10. The SMILES string of the molecule is CC(Br)C(=O)O.CC(Br)C(=O)O.OCCSSCCO. The molecule has 0 bridgehead atoms. The van der Waals surface area contributed by atoms with Gasteiger partial charge in [0, 0.05) is 11.5 Å². The highest BCUT2D eigenvalue weighted by atomic mass is 79.9. The van der Waals surface area contributed by atoms with Gasteiger partial charge in [-0.1, -0.05) is 53.4 Å². The van der Waals surface area contributed by atoms with Gasteiger partial charge in [-0.05, 0) is 13.8 Å². The van der Waals surface area contributed by atoms with Crippen LogP contribution in [0.1, 0.15) is 13.8 Å². The summed E-state index contributed by atoms with van der Waals surface area (Å²) in [6.07, 6.45) is 0. The Morgan fingerprint density at radius 2 is 1.10 bits per heavy atom. The minimum atomic E-state index is -0.824. The van der Waals surface area contributed by atoms with E-state index in [0.717, 1.165) is 11.5 Å². The van der Waals surface area contributed by atoms with Crippen LogP contribution in [0.15, 0.2) is 0 Å². The number of aliphatic hydroxyl groups excluding tert-OH is 2.